The van der Waals surface area contributed by atoms with Gasteiger partial charge in [-0.05, 0) is 52.3 Å². The molecule has 3 nitrogen and oxygen atoms in total. The van der Waals surface area contributed by atoms with Crippen LogP contribution in [0.15, 0.2) is 46.9 Å². The van der Waals surface area contributed by atoms with E-state index in [1.165, 1.54) is 0 Å². The monoisotopic (exact) mass is 324 g/mol. The molecule has 0 atom stereocenters. The molecule has 0 fully saturated rings. The van der Waals surface area contributed by atoms with Crippen molar-refractivity contribution in [3.8, 4) is 0 Å². The Kier molecular flexibility index (Phi) is 3.89. The van der Waals surface area contributed by atoms with Gasteiger partial charge in [0, 0.05) is 20.7 Å². The molecule has 0 aliphatic rings. The fourth-order valence-corrected chi connectivity index (χ4v) is 1.99. The van der Waals surface area contributed by atoms with E-state index in [1.54, 1.807) is 42.5 Å². The molecule has 0 unspecified atom stereocenters. The zero-order chi connectivity index (χ0) is 13.1. The van der Waals surface area contributed by atoms with Crippen LogP contribution < -0.4 is 11.1 Å². The lowest BCUT2D eigenvalue weighted by molar-refractivity contribution is 0.102. The Labute approximate surface area is 118 Å². The summed E-state index contributed by atoms with van der Waals surface area (Å²) in [6, 6.07) is 12.0. The van der Waals surface area contributed by atoms with Gasteiger partial charge in [-0.15, -0.1) is 0 Å². The molecular formula is C13H10BrClN2O. The SMILES string of the molecule is Nc1cccc(C(=O)Nc2cc(Cl)ccc2Br)c1. The molecule has 0 bridgehead atoms. The molecule has 0 heterocycles. The van der Waals surface area contributed by atoms with E-state index in [0.717, 1.165) is 4.47 Å². The Morgan fingerprint density at radius 1 is 1.22 bits per heavy atom. The summed E-state index contributed by atoms with van der Waals surface area (Å²) in [5.74, 6) is -0.231. The number of rotatable bonds is 2. The molecule has 2 aromatic carbocycles. The molecule has 0 spiro atoms. The number of carbonyl (C=O) groups excluding carboxylic acids is 1. The molecular weight excluding hydrogens is 316 g/mol. The van der Waals surface area contributed by atoms with E-state index < -0.39 is 0 Å². The lowest BCUT2D eigenvalue weighted by Gasteiger charge is -2.08. The minimum atomic E-state index is -0.231. The Hall–Kier alpha value is -1.52. The minimum absolute atomic E-state index is 0.231. The fraction of sp³-hybridized carbons (Fsp3) is 0. The second-order valence-corrected chi connectivity index (χ2v) is 4.99. The maximum absolute atomic E-state index is 12.0. The zero-order valence-corrected chi connectivity index (χ0v) is 11.6. The van der Waals surface area contributed by atoms with Crippen molar-refractivity contribution in [2.75, 3.05) is 11.1 Å². The van der Waals surface area contributed by atoms with E-state index in [4.69, 9.17) is 17.3 Å². The van der Waals surface area contributed by atoms with Crippen LogP contribution in [0.4, 0.5) is 11.4 Å². The van der Waals surface area contributed by atoms with Gasteiger partial charge in [-0.25, -0.2) is 0 Å². The zero-order valence-electron chi connectivity index (χ0n) is 9.28. The highest BCUT2D eigenvalue weighted by atomic mass is 79.9. The minimum Gasteiger partial charge on any atom is -0.399 e. The summed E-state index contributed by atoms with van der Waals surface area (Å²) in [5, 5.41) is 3.33. The van der Waals surface area contributed by atoms with Crippen molar-refractivity contribution in [2.24, 2.45) is 0 Å². The third kappa shape index (κ3) is 3.03. The Bertz CT molecular complexity index is 601. The van der Waals surface area contributed by atoms with Gasteiger partial charge in [0.25, 0.3) is 5.91 Å². The first kappa shape index (κ1) is 12.9. The molecule has 18 heavy (non-hydrogen) atoms. The van der Waals surface area contributed by atoms with E-state index in [0.29, 0.717) is 22.0 Å². The second kappa shape index (κ2) is 5.42. The Balaban J connectivity index is 2.24. The maximum Gasteiger partial charge on any atom is 0.255 e. The van der Waals surface area contributed by atoms with Crippen molar-refractivity contribution in [3.63, 3.8) is 0 Å². The van der Waals surface area contributed by atoms with Gasteiger partial charge in [0.2, 0.25) is 0 Å². The van der Waals surface area contributed by atoms with Gasteiger partial charge in [-0.2, -0.15) is 0 Å². The van der Waals surface area contributed by atoms with Gasteiger partial charge in [0.15, 0.2) is 0 Å². The van der Waals surface area contributed by atoms with Crippen molar-refractivity contribution in [1.29, 1.82) is 0 Å². The van der Waals surface area contributed by atoms with E-state index in [2.05, 4.69) is 21.2 Å². The smallest absolute Gasteiger partial charge is 0.255 e. The first-order valence-electron chi connectivity index (χ1n) is 5.18. The summed E-state index contributed by atoms with van der Waals surface area (Å²) in [5.41, 5.74) is 7.30. The highest BCUT2D eigenvalue weighted by Gasteiger charge is 2.08. The van der Waals surface area contributed by atoms with E-state index in [-0.39, 0.29) is 5.91 Å². The standard InChI is InChI=1S/C13H10BrClN2O/c14-11-5-4-9(15)7-12(11)17-13(18)8-2-1-3-10(16)6-8/h1-7H,16H2,(H,17,18). The molecule has 0 radical (unpaired) electrons. The number of hydrogen-bond acceptors (Lipinski definition) is 2. The van der Waals surface area contributed by atoms with Crippen LogP contribution in [0.5, 0.6) is 0 Å². The lowest BCUT2D eigenvalue weighted by Crippen LogP contribution is -2.12. The third-order valence-electron chi connectivity index (χ3n) is 2.33. The van der Waals surface area contributed by atoms with E-state index >= 15 is 0 Å². The Morgan fingerprint density at radius 2 is 2.00 bits per heavy atom. The van der Waals surface area contributed by atoms with E-state index in [1.807, 2.05) is 0 Å². The van der Waals surface area contributed by atoms with Crippen LogP contribution in [-0.4, -0.2) is 5.91 Å². The average Bonchev–Trinajstić information content (AvgIpc) is 2.34. The second-order valence-electron chi connectivity index (χ2n) is 3.70. The topological polar surface area (TPSA) is 55.1 Å². The summed E-state index contributed by atoms with van der Waals surface area (Å²) in [4.78, 5) is 12.0. The molecule has 0 saturated heterocycles. The molecule has 1 amide bonds. The molecule has 2 rings (SSSR count). The first-order chi connectivity index (χ1) is 8.56. The molecule has 2 aromatic rings. The first-order valence-corrected chi connectivity index (χ1v) is 6.35. The molecule has 0 aliphatic heterocycles. The van der Waals surface area contributed by atoms with Crippen LogP contribution in [0.2, 0.25) is 5.02 Å². The predicted molar refractivity (Wildman–Crippen MR) is 78.0 cm³/mol. The van der Waals surface area contributed by atoms with Crippen LogP contribution in [-0.2, 0) is 0 Å². The van der Waals surface area contributed by atoms with Crippen LogP contribution in [0.3, 0.4) is 0 Å². The number of anilines is 2. The van der Waals surface area contributed by atoms with Crippen molar-refractivity contribution < 1.29 is 4.79 Å². The van der Waals surface area contributed by atoms with Gasteiger partial charge in [-0.3, -0.25) is 4.79 Å². The quantitative estimate of drug-likeness (QED) is 0.822. The van der Waals surface area contributed by atoms with Gasteiger partial charge in [0.1, 0.15) is 0 Å². The van der Waals surface area contributed by atoms with Crippen LogP contribution in [0.1, 0.15) is 10.4 Å². The van der Waals surface area contributed by atoms with Crippen molar-refractivity contribution >= 4 is 44.8 Å². The van der Waals surface area contributed by atoms with Gasteiger partial charge < -0.3 is 11.1 Å². The molecule has 3 N–H and O–H groups in total. The largest absolute Gasteiger partial charge is 0.399 e. The number of nitrogen functional groups attached to an aromatic ring is 1. The number of nitrogens with one attached hydrogen (secondary N) is 1. The summed E-state index contributed by atoms with van der Waals surface area (Å²) in [6.45, 7) is 0. The number of benzene rings is 2. The number of amides is 1. The van der Waals surface area contributed by atoms with Gasteiger partial charge >= 0.3 is 0 Å². The van der Waals surface area contributed by atoms with E-state index in [9.17, 15) is 4.79 Å². The van der Waals surface area contributed by atoms with Crippen LogP contribution in [0, 0.1) is 0 Å². The highest BCUT2D eigenvalue weighted by molar-refractivity contribution is 9.10. The average molecular weight is 326 g/mol. The summed E-state index contributed by atoms with van der Waals surface area (Å²) < 4.78 is 0.768. The number of halogens is 2. The van der Waals surface area contributed by atoms with Crippen molar-refractivity contribution in [2.45, 2.75) is 0 Å². The summed E-state index contributed by atoms with van der Waals surface area (Å²) in [6.07, 6.45) is 0. The Morgan fingerprint density at radius 3 is 2.72 bits per heavy atom. The fourth-order valence-electron chi connectivity index (χ4n) is 1.47. The van der Waals surface area contributed by atoms with Crippen LogP contribution >= 0.6 is 27.5 Å². The van der Waals surface area contributed by atoms with Gasteiger partial charge in [-0.1, -0.05) is 17.7 Å². The normalized spacial score (nSPS) is 10.1. The van der Waals surface area contributed by atoms with Crippen molar-refractivity contribution in [3.05, 3.63) is 57.5 Å². The van der Waals surface area contributed by atoms with Gasteiger partial charge in [0.05, 0.1) is 5.69 Å². The predicted octanol–water partition coefficient (Wildman–Crippen LogP) is 3.94. The molecule has 0 saturated carbocycles. The molecule has 0 aromatic heterocycles. The molecule has 0 aliphatic carbocycles. The van der Waals surface area contributed by atoms with Crippen molar-refractivity contribution in [1.82, 2.24) is 0 Å². The summed E-state index contributed by atoms with van der Waals surface area (Å²) >= 11 is 9.23. The lowest BCUT2D eigenvalue weighted by atomic mass is 10.2. The number of nitrogens with two attached hydrogens (primary N) is 1. The number of carbonyl (C=O) groups is 1. The third-order valence-corrected chi connectivity index (χ3v) is 3.25. The molecule has 5 heteroatoms. The van der Waals surface area contributed by atoms with Crippen LogP contribution in [0.25, 0.3) is 0 Å². The summed E-state index contributed by atoms with van der Waals surface area (Å²) in [7, 11) is 0. The maximum atomic E-state index is 12.0. The number of hydrogen-bond donors (Lipinski definition) is 2. The molecule has 92 valence electrons. The highest BCUT2D eigenvalue weighted by Crippen LogP contribution is 2.26.